The summed E-state index contributed by atoms with van der Waals surface area (Å²) in [5.74, 6) is -1.15. The highest BCUT2D eigenvalue weighted by Gasteiger charge is 2.42. The number of amides is 2. The minimum Gasteiger partial charge on any atom is -0.460 e. The van der Waals surface area contributed by atoms with Crippen molar-refractivity contribution in [2.45, 2.75) is 57.6 Å². The maximum atomic E-state index is 14.1. The first-order valence-electron chi connectivity index (χ1n) is 12.9. The van der Waals surface area contributed by atoms with Crippen LogP contribution in [-0.2, 0) is 25.5 Å². The standard InChI is InChI=1S/C30H33FN2O6/c1-30(2,3)39-29(37)25(17-22(35)18-31)33(19-34)28(27(36)32-16-15-21-10-5-7-13-24(21)32)38-26-14-8-11-20-9-4-6-12-23(20)26/h4-14,19,22,25,28,35H,15-18H2,1-3H3/t22?,25?,28-/m0/s1. The molecule has 1 aliphatic rings. The Hall–Kier alpha value is -3.98. The molecule has 3 aromatic carbocycles. The van der Waals surface area contributed by atoms with E-state index in [1.54, 1.807) is 39.0 Å². The molecular formula is C30H33FN2O6. The third-order valence-corrected chi connectivity index (χ3v) is 6.46. The Morgan fingerprint density at radius 2 is 1.77 bits per heavy atom. The van der Waals surface area contributed by atoms with Crippen LogP contribution in [0.2, 0.25) is 0 Å². The monoisotopic (exact) mass is 536 g/mol. The van der Waals surface area contributed by atoms with Crippen molar-refractivity contribution in [3.05, 3.63) is 72.3 Å². The molecule has 0 saturated heterocycles. The number of anilines is 1. The number of esters is 1. The summed E-state index contributed by atoms with van der Waals surface area (Å²) in [4.78, 5) is 42.5. The quantitative estimate of drug-likeness (QED) is 0.239. The number of hydrogen-bond acceptors (Lipinski definition) is 6. The van der Waals surface area contributed by atoms with E-state index in [0.29, 0.717) is 36.2 Å². The Morgan fingerprint density at radius 3 is 2.49 bits per heavy atom. The number of nitrogens with zero attached hydrogens (tertiary/aromatic N) is 2. The molecule has 206 valence electrons. The molecular weight excluding hydrogens is 503 g/mol. The van der Waals surface area contributed by atoms with Gasteiger partial charge >= 0.3 is 5.97 Å². The van der Waals surface area contributed by atoms with E-state index in [1.807, 2.05) is 48.5 Å². The molecule has 3 aromatic rings. The molecule has 1 N–H and O–H groups in total. The van der Waals surface area contributed by atoms with E-state index in [9.17, 15) is 23.9 Å². The van der Waals surface area contributed by atoms with Crippen LogP contribution in [0.5, 0.6) is 5.75 Å². The summed E-state index contributed by atoms with van der Waals surface area (Å²) in [7, 11) is 0. The molecule has 1 heterocycles. The number of fused-ring (bicyclic) bond motifs is 2. The van der Waals surface area contributed by atoms with Crippen molar-refractivity contribution in [1.82, 2.24) is 4.90 Å². The maximum Gasteiger partial charge on any atom is 0.329 e. The van der Waals surface area contributed by atoms with Crippen LogP contribution in [0, 0.1) is 0 Å². The van der Waals surface area contributed by atoms with Gasteiger partial charge in [-0.25, -0.2) is 9.18 Å². The third-order valence-electron chi connectivity index (χ3n) is 6.46. The van der Waals surface area contributed by atoms with Gasteiger partial charge in [-0.1, -0.05) is 54.6 Å². The summed E-state index contributed by atoms with van der Waals surface area (Å²) in [6, 6.07) is 18.6. The molecule has 0 fully saturated rings. The summed E-state index contributed by atoms with van der Waals surface area (Å²) in [5.41, 5.74) is 0.704. The average Bonchev–Trinajstić information content (AvgIpc) is 3.35. The van der Waals surface area contributed by atoms with Crippen LogP contribution in [0.3, 0.4) is 0 Å². The van der Waals surface area contributed by atoms with Gasteiger partial charge in [0.15, 0.2) is 0 Å². The van der Waals surface area contributed by atoms with E-state index in [2.05, 4.69) is 0 Å². The number of hydrogen-bond donors (Lipinski definition) is 1. The number of benzene rings is 3. The smallest absolute Gasteiger partial charge is 0.329 e. The first-order valence-corrected chi connectivity index (χ1v) is 12.9. The van der Waals surface area contributed by atoms with Gasteiger partial charge in [0.2, 0.25) is 6.41 Å². The molecule has 4 rings (SSSR count). The van der Waals surface area contributed by atoms with Crippen molar-refractivity contribution in [1.29, 1.82) is 0 Å². The van der Waals surface area contributed by atoms with Gasteiger partial charge in [0, 0.05) is 24.0 Å². The molecule has 0 spiro atoms. The van der Waals surface area contributed by atoms with Crippen LogP contribution in [0.15, 0.2) is 66.7 Å². The fourth-order valence-electron chi connectivity index (χ4n) is 4.68. The number of rotatable bonds is 10. The first kappa shape index (κ1) is 28.0. The second kappa shape index (κ2) is 11.8. The minimum absolute atomic E-state index is 0.315. The molecule has 0 radical (unpaired) electrons. The predicted molar refractivity (Wildman–Crippen MR) is 145 cm³/mol. The Balaban J connectivity index is 1.79. The van der Waals surface area contributed by atoms with Crippen molar-refractivity contribution < 1.29 is 33.4 Å². The zero-order chi connectivity index (χ0) is 28.2. The number of carbonyl (C=O) groups excluding carboxylic acids is 3. The lowest BCUT2D eigenvalue weighted by molar-refractivity contribution is -0.170. The maximum absolute atomic E-state index is 14.1. The number of ether oxygens (including phenoxy) is 2. The van der Waals surface area contributed by atoms with E-state index < -0.39 is 48.9 Å². The third kappa shape index (κ3) is 6.37. The second-order valence-electron chi connectivity index (χ2n) is 10.5. The highest BCUT2D eigenvalue weighted by Crippen LogP contribution is 2.32. The topological polar surface area (TPSA) is 96.4 Å². The summed E-state index contributed by atoms with van der Waals surface area (Å²) >= 11 is 0. The molecule has 1 aliphatic heterocycles. The number of carbonyl (C=O) groups is 3. The van der Waals surface area contributed by atoms with Gasteiger partial charge in [0.1, 0.15) is 24.1 Å². The van der Waals surface area contributed by atoms with Gasteiger partial charge in [-0.15, -0.1) is 0 Å². The average molecular weight is 537 g/mol. The zero-order valence-electron chi connectivity index (χ0n) is 22.2. The molecule has 3 atom stereocenters. The number of halogens is 1. The zero-order valence-corrected chi connectivity index (χ0v) is 22.2. The molecule has 2 unspecified atom stereocenters. The van der Waals surface area contributed by atoms with Crippen LogP contribution in [0.1, 0.15) is 32.8 Å². The van der Waals surface area contributed by atoms with E-state index in [4.69, 9.17) is 9.47 Å². The first-order chi connectivity index (χ1) is 18.6. The molecule has 39 heavy (non-hydrogen) atoms. The van der Waals surface area contributed by atoms with Gasteiger partial charge in [-0.2, -0.15) is 0 Å². The summed E-state index contributed by atoms with van der Waals surface area (Å²) in [5, 5.41) is 11.7. The Kier molecular flexibility index (Phi) is 8.50. The van der Waals surface area contributed by atoms with Crippen LogP contribution in [0.4, 0.5) is 10.1 Å². The molecule has 9 heteroatoms. The number of aliphatic hydroxyl groups is 1. The summed E-state index contributed by atoms with van der Waals surface area (Å²) < 4.78 is 25.2. The van der Waals surface area contributed by atoms with Crippen molar-refractivity contribution >= 4 is 34.7 Å². The van der Waals surface area contributed by atoms with Crippen molar-refractivity contribution in [3.8, 4) is 5.75 Å². The largest absolute Gasteiger partial charge is 0.460 e. The lowest BCUT2D eigenvalue weighted by Gasteiger charge is -2.36. The van der Waals surface area contributed by atoms with Crippen LogP contribution < -0.4 is 9.64 Å². The van der Waals surface area contributed by atoms with E-state index in [0.717, 1.165) is 15.8 Å². The fourth-order valence-corrected chi connectivity index (χ4v) is 4.68. The van der Waals surface area contributed by atoms with Crippen LogP contribution in [0.25, 0.3) is 10.8 Å². The normalized spacial score (nSPS) is 15.3. The lowest BCUT2D eigenvalue weighted by atomic mass is 10.1. The minimum atomic E-state index is -1.61. The SMILES string of the molecule is CC(C)(C)OC(=O)C(CC(O)CF)N(C=O)[C@@H](Oc1cccc2ccccc12)C(=O)N1CCc2ccccc21. The second-order valence-corrected chi connectivity index (χ2v) is 10.5. The highest BCUT2D eigenvalue weighted by molar-refractivity contribution is 6.00. The van der Waals surface area contributed by atoms with Gasteiger partial charge in [-0.3, -0.25) is 14.5 Å². The molecule has 2 amide bonds. The van der Waals surface area contributed by atoms with Crippen LogP contribution >= 0.6 is 0 Å². The molecule has 0 saturated carbocycles. The van der Waals surface area contributed by atoms with E-state index in [-0.39, 0.29) is 0 Å². The Bertz CT molecular complexity index is 1340. The fraction of sp³-hybridized carbons (Fsp3) is 0.367. The van der Waals surface area contributed by atoms with Gasteiger partial charge in [0.25, 0.3) is 12.1 Å². The molecule has 8 nitrogen and oxygen atoms in total. The summed E-state index contributed by atoms with van der Waals surface area (Å²) in [6.45, 7) is 4.15. The lowest BCUT2D eigenvalue weighted by Crippen LogP contribution is -2.58. The molecule has 0 aliphatic carbocycles. The molecule has 0 aromatic heterocycles. The number of aliphatic hydroxyl groups excluding tert-OH is 1. The number of para-hydroxylation sites is 1. The van der Waals surface area contributed by atoms with Crippen LogP contribution in [-0.4, -0.2) is 65.5 Å². The van der Waals surface area contributed by atoms with Crippen molar-refractivity contribution in [2.75, 3.05) is 18.1 Å². The predicted octanol–water partition coefficient (Wildman–Crippen LogP) is 4.02. The van der Waals surface area contributed by atoms with Gasteiger partial charge in [-0.05, 0) is 50.3 Å². The van der Waals surface area contributed by atoms with E-state index >= 15 is 0 Å². The van der Waals surface area contributed by atoms with Gasteiger partial charge in [0.05, 0.1) is 6.10 Å². The highest BCUT2D eigenvalue weighted by atomic mass is 19.1. The van der Waals surface area contributed by atoms with Crippen molar-refractivity contribution in [3.63, 3.8) is 0 Å². The number of alkyl halides is 1. The Labute approximate surface area is 226 Å². The summed E-state index contributed by atoms with van der Waals surface area (Å²) in [6.07, 6.45) is -2.73. The van der Waals surface area contributed by atoms with E-state index in [1.165, 1.54) is 4.90 Å². The molecule has 0 bridgehead atoms. The van der Waals surface area contributed by atoms with Gasteiger partial charge < -0.3 is 19.5 Å². The van der Waals surface area contributed by atoms with Crippen molar-refractivity contribution in [2.24, 2.45) is 0 Å². The Morgan fingerprint density at radius 1 is 1.08 bits per heavy atom.